The summed E-state index contributed by atoms with van der Waals surface area (Å²) in [6, 6.07) is 15.2. The van der Waals surface area contributed by atoms with Gasteiger partial charge in [0.05, 0.1) is 16.9 Å². The minimum atomic E-state index is -0.741. The third-order valence-corrected chi connectivity index (χ3v) is 3.80. The fourth-order valence-electron chi connectivity index (χ4n) is 2.51. The van der Waals surface area contributed by atoms with E-state index in [-0.39, 0.29) is 11.4 Å². The van der Waals surface area contributed by atoms with Crippen molar-refractivity contribution in [2.24, 2.45) is 0 Å². The Labute approximate surface area is 145 Å². The van der Waals surface area contributed by atoms with Crippen LogP contribution in [0.2, 0.25) is 0 Å². The molecule has 1 aromatic heterocycles. The number of aromatic nitrogens is 2. The van der Waals surface area contributed by atoms with E-state index in [0.29, 0.717) is 0 Å². The molecule has 0 aliphatic carbocycles. The topological polar surface area (TPSA) is 44.1 Å². The highest BCUT2D eigenvalue weighted by Gasteiger charge is 2.18. The predicted octanol–water partition coefficient (Wildman–Crippen LogP) is 4.49. The summed E-state index contributed by atoms with van der Waals surface area (Å²) in [4.78, 5) is 12.3. The fourth-order valence-corrected chi connectivity index (χ4v) is 2.51. The van der Waals surface area contributed by atoms with Crippen molar-refractivity contribution in [3.63, 3.8) is 0 Å². The van der Waals surface area contributed by atoms with Gasteiger partial charge in [0.1, 0.15) is 5.82 Å². The van der Waals surface area contributed by atoms with Gasteiger partial charge >= 0.3 is 5.97 Å². The summed E-state index contributed by atoms with van der Waals surface area (Å²) in [5, 5.41) is 4.51. The first-order valence-corrected chi connectivity index (χ1v) is 8.21. The Hall–Kier alpha value is -2.95. The quantitative estimate of drug-likeness (QED) is 0.644. The highest BCUT2D eigenvalue weighted by molar-refractivity contribution is 5.91. The van der Waals surface area contributed by atoms with E-state index >= 15 is 0 Å². The average molecular weight is 338 g/mol. The van der Waals surface area contributed by atoms with Crippen LogP contribution in [-0.4, -0.2) is 15.7 Å². The molecule has 0 atom stereocenters. The normalized spacial score (nSPS) is 10.7. The lowest BCUT2D eigenvalue weighted by atomic mass is 10.2. The average Bonchev–Trinajstić information content (AvgIpc) is 2.98. The number of halogens is 1. The Bertz CT molecular complexity index is 885. The zero-order valence-corrected chi connectivity index (χ0v) is 14.2. The lowest BCUT2D eigenvalue weighted by Crippen LogP contribution is -2.13. The number of ether oxygens (including phenoxy) is 1. The van der Waals surface area contributed by atoms with Crippen LogP contribution in [0.1, 0.15) is 35.0 Å². The minimum absolute atomic E-state index is 0.101. The smallest absolute Gasteiger partial charge is 0.347 e. The molecule has 1 heterocycles. The Balaban J connectivity index is 1.95. The predicted molar refractivity (Wildman–Crippen MR) is 93.7 cm³/mol. The van der Waals surface area contributed by atoms with Crippen LogP contribution in [0.15, 0.2) is 54.6 Å². The summed E-state index contributed by atoms with van der Waals surface area (Å²) in [6.07, 6.45) is 1.69. The lowest BCUT2D eigenvalue weighted by Gasteiger charge is -2.08. The zero-order chi connectivity index (χ0) is 17.8. The summed E-state index contributed by atoms with van der Waals surface area (Å²) in [5.41, 5.74) is 2.62. The van der Waals surface area contributed by atoms with Crippen molar-refractivity contribution < 1.29 is 13.9 Å². The molecule has 0 radical (unpaired) electrons. The zero-order valence-electron chi connectivity index (χ0n) is 14.2. The molecule has 5 heteroatoms. The third-order valence-electron chi connectivity index (χ3n) is 3.80. The summed E-state index contributed by atoms with van der Waals surface area (Å²) in [5.74, 6) is -1.07. The molecule has 0 fully saturated rings. The number of aryl methyl sites for hydroxylation is 2. The van der Waals surface area contributed by atoms with Crippen LogP contribution in [0, 0.1) is 12.7 Å². The Kier molecular flexibility index (Phi) is 4.93. The summed E-state index contributed by atoms with van der Waals surface area (Å²) >= 11 is 0. The highest BCUT2D eigenvalue weighted by atomic mass is 19.1. The maximum absolute atomic E-state index is 13.8. The van der Waals surface area contributed by atoms with E-state index in [9.17, 15) is 9.18 Å². The van der Waals surface area contributed by atoms with E-state index < -0.39 is 11.8 Å². The van der Waals surface area contributed by atoms with Crippen molar-refractivity contribution in [1.82, 2.24) is 9.78 Å². The molecule has 0 N–H and O–H groups in total. The maximum atomic E-state index is 13.8. The van der Waals surface area contributed by atoms with Crippen LogP contribution in [0.5, 0.6) is 5.88 Å². The minimum Gasteiger partial charge on any atom is -0.404 e. The van der Waals surface area contributed by atoms with E-state index in [1.807, 2.05) is 31.2 Å². The number of hydrogen-bond acceptors (Lipinski definition) is 3. The maximum Gasteiger partial charge on any atom is 0.347 e. The molecule has 2 aromatic carbocycles. The van der Waals surface area contributed by atoms with Gasteiger partial charge in [-0.2, -0.15) is 5.10 Å². The van der Waals surface area contributed by atoms with Crippen LogP contribution in [0.25, 0.3) is 5.69 Å². The van der Waals surface area contributed by atoms with Gasteiger partial charge in [-0.1, -0.05) is 43.2 Å². The van der Waals surface area contributed by atoms with Crippen molar-refractivity contribution in [1.29, 1.82) is 0 Å². The molecule has 0 bridgehead atoms. The molecular formula is C20H19FN2O2. The molecule has 0 unspecified atom stereocenters. The SMILES string of the molecule is CCCc1cc(OC(=O)c2ccccc2F)n(-c2ccc(C)cc2)n1. The number of carbonyl (C=O) groups excluding carboxylic acids is 1. The molecule has 128 valence electrons. The van der Waals surface area contributed by atoms with Crippen molar-refractivity contribution in [2.45, 2.75) is 26.7 Å². The van der Waals surface area contributed by atoms with Crippen LogP contribution in [0.4, 0.5) is 4.39 Å². The van der Waals surface area contributed by atoms with Crippen LogP contribution < -0.4 is 4.74 Å². The number of carbonyl (C=O) groups is 1. The molecule has 4 nitrogen and oxygen atoms in total. The number of esters is 1. The van der Waals surface area contributed by atoms with Gasteiger partial charge in [-0.05, 0) is 37.6 Å². The summed E-state index contributed by atoms with van der Waals surface area (Å²) < 4.78 is 20.8. The molecule has 0 aliphatic rings. The molecule has 0 amide bonds. The van der Waals surface area contributed by atoms with Crippen LogP contribution in [0.3, 0.4) is 0 Å². The molecule has 0 saturated carbocycles. The molecule has 0 aliphatic heterocycles. The highest BCUT2D eigenvalue weighted by Crippen LogP contribution is 2.22. The third kappa shape index (κ3) is 3.76. The first kappa shape index (κ1) is 16.9. The van der Waals surface area contributed by atoms with Gasteiger partial charge in [-0.15, -0.1) is 0 Å². The second kappa shape index (κ2) is 7.30. The van der Waals surface area contributed by atoms with E-state index in [0.717, 1.165) is 29.8 Å². The first-order chi connectivity index (χ1) is 12.1. The molecule has 3 rings (SSSR count). The first-order valence-electron chi connectivity index (χ1n) is 8.21. The van der Waals surface area contributed by atoms with Gasteiger partial charge in [-0.3, -0.25) is 0 Å². The van der Waals surface area contributed by atoms with E-state index in [1.165, 1.54) is 18.2 Å². The monoisotopic (exact) mass is 338 g/mol. The lowest BCUT2D eigenvalue weighted by molar-refractivity contribution is 0.0718. The Morgan fingerprint density at radius 3 is 2.56 bits per heavy atom. The van der Waals surface area contributed by atoms with Crippen molar-refractivity contribution in [3.8, 4) is 11.6 Å². The van der Waals surface area contributed by atoms with Crippen LogP contribution in [-0.2, 0) is 6.42 Å². The van der Waals surface area contributed by atoms with Crippen LogP contribution >= 0.6 is 0 Å². The van der Waals surface area contributed by atoms with Gasteiger partial charge in [0.2, 0.25) is 5.88 Å². The van der Waals surface area contributed by atoms with Gasteiger partial charge in [-0.25, -0.2) is 13.9 Å². The van der Waals surface area contributed by atoms with Crippen molar-refractivity contribution in [2.75, 3.05) is 0 Å². The summed E-state index contributed by atoms with van der Waals surface area (Å²) in [7, 11) is 0. The second-order valence-electron chi connectivity index (χ2n) is 5.84. The van der Waals surface area contributed by atoms with E-state index in [4.69, 9.17) is 4.74 Å². The Morgan fingerprint density at radius 2 is 1.88 bits per heavy atom. The van der Waals surface area contributed by atoms with Gasteiger partial charge in [0.25, 0.3) is 0 Å². The van der Waals surface area contributed by atoms with Crippen molar-refractivity contribution >= 4 is 5.97 Å². The molecule has 0 saturated heterocycles. The molecular weight excluding hydrogens is 319 g/mol. The van der Waals surface area contributed by atoms with Gasteiger partial charge in [0, 0.05) is 6.07 Å². The summed E-state index contributed by atoms with van der Waals surface area (Å²) in [6.45, 7) is 4.05. The fraction of sp³-hybridized carbons (Fsp3) is 0.200. The second-order valence-corrected chi connectivity index (χ2v) is 5.84. The number of hydrogen-bond donors (Lipinski definition) is 0. The van der Waals surface area contributed by atoms with E-state index in [1.54, 1.807) is 16.8 Å². The van der Waals surface area contributed by atoms with Gasteiger partial charge in [0.15, 0.2) is 0 Å². The molecule has 0 spiro atoms. The number of rotatable bonds is 5. The van der Waals surface area contributed by atoms with E-state index in [2.05, 4.69) is 12.0 Å². The molecule has 3 aromatic rings. The largest absolute Gasteiger partial charge is 0.404 e. The number of benzene rings is 2. The molecule has 25 heavy (non-hydrogen) atoms. The standard InChI is InChI=1S/C20H19FN2O2/c1-3-6-15-13-19(23(22-15)16-11-9-14(2)10-12-16)25-20(24)17-7-4-5-8-18(17)21/h4-5,7-13H,3,6H2,1-2H3. The number of nitrogens with zero attached hydrogens (tertiary/aromatic N) is 2. The Morgan fingerprint density at radius 1 is 1.16 bits per heavy atom. The van der Waals surface area contributed by atoms with Gasteiger partial charge < -0.3 is 4.74 Å². The van der Waals surface area contributed by atoms with Crippen molar-refractivity contribution in [3.05, 3.63) is 77.2 Å².